The zero-order valence-corrected chi connectivity index (χ0v) is 8.35. The van der Waals surface area contributed by atoms with Crippen molar-refractivity contribution < 1.29 is 10.2 Å². The van der Waals surface area contributed by atoms with Gasteiger partial charge < -0.3 is 25.4 Å². The van der Waals surface area contributed by atoms with Crippen molar-refractivity contribution in [2.24, 2.45) is 7.05 Å². The van der Waals surface area contributed by atoms with Gasteiger partial charge in [-0.25, -0.2) is 0 Å². The second-order valence-electron chi connectivity index (χ2n) is 3.11. The normalized spacial score (nSPS) is 10.5. The highest BCUT2D eigenvalue weighted by Gasteiger charge is 2.09. The lowest BCUT2D eigenvalue weighted by Crippen LogP contribution is -2.31. The summed E-state index contributed by atoms with van der Waals surface area (Å²) in [6, 6.07) is 3.68. The smallest absolute Gasteiger partial charge is 0.110 e. The molecule has 0 unspecified atom stereocenters. The predicted molar refractivity (Wildman–Crippen MR) is 56.2 cm³/mol. The molecule has 1 heterocycles. The highest BCUT2D eigenvalue weighted by Crippen LogP contribution is 2.18. The molecule has 5 nitrogen and oxygen atoms in total. The maximum absolute atomic E-state index is 8.86. The molecule has 0 fully saturated rings. The second-order valence-corrected chi connectivity index (χ2v) is 3.11. The number of hydrogen-bond donors (Lipinski definition) is 3. The Bertz CT molecular complexity index is 280. The first-order valence-corrected chi connectivity index (χ1v) is 4.58. The van der Waals surface area contributed by atoms with Crippen LogP contribution in [0.3, 0.4) is 0 Å². The number of nitrogen functional groups attached to an aromatic ring is 1. The summed E-state index contributed by atoms with van der Waals surface area (Å²) in [7, 11) is 1.85. The van der Waals surface area contributed by atoms with Crippen molar-refractivity contribution in [2.75, 3.05) is 36.9 Å². The Balaban J connectivity index is 2.81. The molecule has 14 heavy (non-hydrogen) atoms. The molecule has 0 aromatic carbocycles. The van der Waals surface area contributed by atoms with E-state index in [4.69, 9.17) is 15.9 Å². The second kappa shape index (κ2) is 4.88. The minimum Gasteiger partial charge on any atom is -0.395 e. The molecule has 0 amide bonds. The molecule has 0 aliphatic heterocycles. The standard InChI is InChI=1S/C9H17N3O2/c1-11-8(10)2-3-9(11)12(4-6-13)5-7-14/h2-3,13-14H,4-7,10H2,1H3. The summed E-state index contributed by atoms with van der Waals surface area (Å²) >= 11 is 0. The van der Waals surface area contributed by atoms with Gasteiger partial charge in [0.25, 0.3) is 0 Å². The molecule has 5 heteroatoms. The van der Waals surface area contributed by atoms with E-state index in [0.717, 1.165) is 5.82 Å². The van der Waals surface area contributed by atoms with Crippen LogP contribution in [-0.4, -0.2) is 41.1 Å². The van der Waals surface area contributed by atoms with Crippen LogP contribution in [-0.2, 0) is 7.05 Å². The lowest BCUT2D eigenvalue weighted by Gasteiger charge is -2.23. The van der Waals surface area contributed by atoms with Gasteiger partial charge in [-0.3, -0.25) is 0 Å². The number of aliphatic hydroxyl groups excluding tert-OH is 2. The van der Waals surface area contributed by atoms with Crippen molar-refractivity contribution >= 4 is 11.6 Å². The van der Waals surface area contributed by atoms with Crippen LogP contribution in [0.4, 0.5) is 11.6 Å². The molecule has 0 aliphatic carbocycles. The third kappa shape index (κ3) is 2.18. The van der Waals surface area contributed by atoms with Crippen LogP contribution in [0.5, 0.6) is 0 Å². The van der Waals surface area contributed by atoms with E-state index in [-0.39, 0.29) is 13.2 Å². The Labute approximate surface area is 83.4 Å². The molecule has 0 atom stereocenters. The van der Waals surface area contributed by atoms with E-state index in [1.54, 1.807) is 6.07 Å². The largest absolute Gasteiger partial charge is 0.395 e. The number of anilines is 2. The Hall–Kier alpha value is -1.20. The summed E-state index contributed by atoms with van der Waals surface area (Å²) in [6.07, 6.45) is 0. The molecule has 0 aliphatic rings. The fraction of sp³-hybridized carbons (Fsp3) is 0.556. The highest BCUT2D eigenvalue weighted by molar-refractivity contribution is 5.50. The van der Waals surface area contributed by atoms with Crippen LogP contribution < -0.4 is 10.6 Å². The molecule has 1 rings (SSSR count). The van der Waals surface area contributed by atoms with Gasteiger partial charge in [0.2, 0.25) is 0 Å². The lowest BCUT2D eigenvalue weighted by atomic mass is 10.4. The average molecular weight is 199 g/mol. The number of hydrogen-bond acceptors (Lipinski definition) is 4. The summed E-state index contributed by atoms with van der Waals surface area (Å²) in [5, 5.41) is 17.7. The monoisotopic (exact) mass is 199 g/mol. The fourth-order valence-corrected chi connectivity index (χ4v) is 1.42. The third-order valence-electron chi connectivity index (χ3n) is 2.20. The van der Waals surface area contributed by atoms with Gasteiger partial charge in [0.15, 0.2) is 0 Å². The Morgan fingerprint density at radius 1 is 1.29 bits per heavy atom. The minimum absolute atomic E-state index is 0.0606. The van der Waals surface area contributed by atoms with E-state index in [1.807, 2.05) is 22.6 Å². The van der Waals surface area contributed by atoms with E-state index < -0.39 is 0 Å². The van der Waals surface area contributed by atoms with Crippen molar-refractivity contribution in [3.05, 3.63) is 12.1 Å². The first-order valence-electron chi connectivity index (χ1n) is 4.58. The molecule has 0 saturated heterocycles. The SMILES string of the molecule is Cn1c(N)ccc1N(CCO)CCO. The van der Waals surface area contributed by atoms with Crippen molar-refractivity contribution in [1.82, 2.24) is 4.57 Å². The predicted octanol–water partition coefficient (Wildman–Crippen LogP) is -0.602. The summed E-state index contributed by atoms with van der Waals surface area (Å²) < 4.78 is 1.82. The first-order chi connectivity index (χ1) is 6.70. The van der Waals surface area contributed by atoms with Gasteiger partial charge in [0.1, 0.15) is 11.6 Å². The first kappa shape index (κ1) is 10.9. The quantitative estimate of drug-likeness (QED) is 0.592. The van der Waals surface area contributed by atoms with Crippen LogP contribution >= 0.6 is 0 Å². The summed E-state index contributed by atoms with van der Waals surface area (Å²) in [5.41, 5.74) is 5.68. The van der Waals surface area contributed by atoms with E-state index in [2.05, 4.69) is 0 Å². The Morgan fingerprint density at radius 3 is 2.21 bits per heavy atom. The van der Waals surface area contributed by atoms with Gasteiger partial charge in [-0.15, -0.1) is 0 Å². The zero-order chi connectivity index (χ0) is 10.6. The van der Waals surface area contributed by atoms with Gasteiger partial charge in [0.05, 0.1) is 13.2 Å². The van der Waals surface area contributed by atoms with Crippen LogP contribution in [0.15, 0.2) is 12.1 Å². The van der Waals surface area contributed by atoms with Crippen LogP contribution in [0.1, 0.15) is 0 Å². The Morgan fingerprint density at radius 2 is 1.86 bits per heavy atom. The van der Waals surface area contributed by atoms with Crippen LogP contribution in [0.25, 0.3) is 0 Å². The Kier molecular flexibility index (Phi) is 3.79. The number of aliphatic hydroxyl groups is 2. The number of aromatic nitrogens is 1. The van der Waals surface area contributed by atoms with E-state index in [9.17, 15) is 0 Å². The number of nitrogens with two attached hydrogens (primary N) is 1. The molecule has 0 radical (unpaired) electrons. The van der Waals surface area contributed by atoms with E-state index >= 15 is 0 Å². The summed E-state index contributed by atoms with van der Waals surface area (Å²) in [4.78, 5) is 1.89. The molecule has 0 spiro atoms. The molecule has 0 bridgehead atoms. The molecular weight excluding hydrogens is 182 g/mol. The van der Waals surface area contributed by atoms with Crippen molar-refractivity contribution in [2.45, 2.75) is 0 Å². The van der Waals surface area contributed by atoms with Gasteiger partial charge in [0, 0.05) is 20.1 Å². The molecule has 4 N–H and O–H groups in total. The van der Waals surface area contributed by atoms with Gasteiger partial charge in [-0.2, -0.15) is 0 Å². The lowest BCUT2D eigenvalue weighted by molar-refractivity contribution is 0.280. The van der Waals surface area contributed by atoms with Gasteiger partial charge in [-0.1, -0.05) is 0 Å². The summed E-state index contributed by atoms with van der Waals surface area (Å²) in [5.74, 6) is 1.58. The number of nitrogens with zero attached hydrogens (tertiary/aromatic N) is 2. The van der Waals surface area contributed by atoms with Crippen molar-refractivity contribution in [3.63, 3.8) is 0 Å². The number of rotatable bonds is 5. The highest BCUT2D eigenvalue weighted by atomic mass is 16.3. The molecular formula is C9H17N3O2. The van der Waals surface area contributed by atoms with Crippen LogP contribution in [0, 0.1) is 0 Å². The van der Waals surface area contributed by atoms with Crippen LogP contribution in [0.2, 0.25) is 0 Å². The maximum atomic E-state index is 8.86. The van der Waals surface area contributed by atoms with Gasteiger partial charge >= 0.3 is 0 Å². The molecule has 80 valence electrons. The molecule has 1 aromatic heterocycles. The summed E-state index contributed by atoms with van der Waals surface area (Å²) in [6.45, 7) is 1.12. The molecule has 1 aromatic rings. The fourth-order valence-electron chi connectivity index (χ4n) is 1.42. The minimum atomic E-state index is 0.0606. The average Bonchev–Trinajstić information content (AvgIpc) is 2.48. The third-order valence-corrected chi connectivity index (χ3v) is 2.20. The molecule has 0 saturated carbocycles. The van der Waals surface area contributed by atoms with Crippen molar-refractivity contribution in [1.29, 1.82) is 0 Å². The maximum Gasteiger partial charge on any atom is 0.110 e. The zero-order valence-electron chi connectivity index (χ0n) is 8.35. The van der Waals surface area contributed by atoms with E-state index in [1.165, 1.54) is 0 Å². The van der Waals surface area contributed by atoms with Gasteiger partial charge in [-0.05, 0) is 12.1 Å². The van der Waals surface area contributed by atoms with Crippen molar-refractivity contribution in [3.8, 4) is 0 Å². The van der Waals surface area contributed by atoms with E-state index in [0.29, 0.717) is 18.9 Å². The topological polar surface area (TPSA) is 74.7 Å².